The average Bonchev–Trinajstić information content (AvgIpc) is 2.37. The molecule has 1 aromatic rings. The van der Waals surface area contributed by atoms with Gasteiger partial charge in [-0.2, -0.15) is 0 Å². The van der Waals surface area contributed by atoms with E-state index >= 15 is 0 Å². The van der Waals surface area contributed by atoms with Crippen LogP contribution in [0, 0.1) is 11.3 Å². The number of hydrogen-bond donors (Lipinski definition) is 1. The number of hydrogen-bond acceptors (Lipinski definition) is 2. The van der Waals surface area contributed by atoms with Gasteiger partial charge in [-0.25, -0.2) is 0 Å². The second kappa shape index (κ2) is 3.99. The third kappa shape index (κ3) is 1.58. The summed E-state index contributed by atoms with van der Waals surface area (Å²) in [5, 5.41) is 11.0. The van der Waals surface area contributed by atoms with Crippen molar-refractivity contribution >= 4 is 0 Å². The van der Waals surface area contributed by atoms with Crippen LogP contribution in [0.4, 0.5) is 0 Å². The molecule has 2 saturated carbocycles. The van der Waals surface area contributed by atoms with Crippen molar-refractivity contribution in [2.75, 3.05) is 7.11 Å². The summed E-state index contributed by atoms with van der Waals surface area (Å²) in [7, 11) is 1.67. The third-order valence-electron chi connectivity index (χ3n) is 5.17. The summed E-state index contributed by atoms with van der Waals surface area (Å²) in [5.74, 6) is 1.29. The number of aliphatic hydroxyl groups is 1. The predicted octanol–water partition coefficient (Wildman–Crippen LogP) is 3.48. The van der Waals surface area contributed by atoms with E-state index in [1.807, 2.05) is 24.3 Å². The van der Waals surface area contributed by atoms with Crippen molar-refractivity contribution in [2.24, 2.45) is 11.3 Å². The molecule has 0 heterocycles. The SMILES string of the molecule is COc1ccc(C2(O)CC3(C)CCCCC32)cc1. The van der Waals surface area contributed by atoms with Crippen LogP contribution in [0.3, 0.4) is 0 Å². The molecule has 0 amide bonds. The lowest BCUT2D eigenvalue weighted by Gasteiger charge is -2.61. The molecule has 2 nitrogen and oxygen atoms in total. The van der Waals surface area contributed by atoms with Gasteiger partial charge in [0, 0.05) is 0 Å². The van der Waals surface area contributed by atoms with E-state index in [-0.39, 0.29) is 0 Å². The van der Waals surface area contributed by atoms with Crippen LogP contribution in [-0.4, -0.2) is 12.2 Å². The van der Waals surface area contributed by atoms with E-state index in [2.05, 4.69) is 6.92 Å². The number of benzene rings is 1. The Bertz CT molecular complexity index is 439. The molecular weight excluding hydrogens is 224 g/mol. The summed E-state index contributed by atoms with van der Waals surface area (Å²) in [6.07, 6.45) is 5.94. The zero-order valence-corrected chi connectivity index (χ0v) is 11.3. The Morgan fingerprint density at radius 3 is 2.56 bits per heavy atom. The first-order valence-electron chi connectivity index (χ1n) is 6.95. The van der Waals surface area contributed by atoms with Crippen LogP contribution < -0.4 is 4.74 Å². The van der Waals surface area contributed by atoms with Gasteiger partial charge in [0.25, 0.3) is 0 Å². The largest absolute Gasteiger partial charge is 0.497 e. The van der Waals surface area contributed by atoms with Crippen molar-refractivity contribution in [3.8, 4) is 5.75 Å². The first kappa shape index (κ1) is 12.0. The molecule has 0 aliphatic heterocycles. The van der Waals surface area contributed by atoms with Gasteiger partial charge in [0.15, 0.2) is 0 Å². The minimum atomic E-state index is -0.596. The van der Waals surface area contributed by atoms with Crippen LogP contribution in [0.1, 0.15) is 44.6 Å². The molecule has 3 rings (SSSR count). The topological polar surface area (TPSA) is 29.5 Å². The maximum absolute atomic E-state index is 11.0. The fraction of sp³-hybridized carbons (Fsp3) is 0.625. The normalized spacial score (nSPS) is 38.7. The van der Waals surface area contributed by atoms with Crippen LogP contribution in [-0.2, 0) is 5.60 Å². The molecular formula is C16H22O2. The molecule has 2 aliphatic rings. The van der Waals surface area contributed by atoms with Gasteiger partial charge >= 0.3 is 0 Å². The number of fused-ring (bicyclic) bond motifs is 1. The van der Waals surface area contributed by atoms with Crippen molar-refractivity contribution < 1.29 is 9.84 Å². The zero-order chi connectivity index (χ0) is 12.8. The van der Waals surface area contributed by atoms with E-state index in [1.54, 1.807) is 7.11 Å². The highest BCUT2D eigenvalue weighted by molar-refractivity contribution is 5.34. The summed E-state index contributed by atoms with van der Waals surface area (Å²) in [6.45, 7) is 2.34. The Balaban J connectivity index is 1.87. The molecule has 2 aliphatic carbocycles. The Labute approximate surface area is 109 Å². The third-order valence-corrected chi connectivity index (χ3v) is 5.17. The van der Waals surface area contributed by atoms with E-state index in [0.717, 1.165) is 17.7 Å². The maximum Gasteiger partial charge on any atom is 0.118 e. The first-order valence-corrected chi connectivity index (χ1v) is 6.95. The molecule has 0 aromatic heterocycles. The van der Waals surface area contributed by atoms with Gasteiger partial charge in [-0.1, -0.05) is 31.9 Å². The Morgan fingerprint density at radius 2 is 1.94 bits per heavy atom. The smallest absolute Gasteiger partial charge is 0.118 e. The summed E-state index contributed by atoms with van der Waals surface area (Å²) >= 11 is 0. The quantitative estimate of drug-likeness (QED) is 0.865. The van der Waals surface area contributed by atoms with E-state index in [1.165, 1.54) is 25.7 Å². The average molecular weight is 246 g/mol. The molecule has 3 unspecified atom stereocenters. The Hall–Kier alpha value is -1.02. The molecule has 2 heteroatoms. The lowest BCUT2D eigenvalue weighted by molar-refractivity contribution is -0.212. The fourth-order valence-corrected chi connectivity index (χ4v) is 4.22. The van der Waals surface area contributed by atoms with Crippen LogP contribution in [0.15, 0.2) is 24.3 Å². The van der Waals surface area contributed by atoms with Gasteiger partial charge in [-0.3, -0.25) is 0 Å². The number of rotatable bonds is 2. The monoisotopic (exact) mass is 246 g/mol. The lowest BCUT2D eigenvalue weighted by Crippen LogP contribution is -2.59. The molecule has 18 heavy (non-hydrogen) atoms. The zero-order valence-electron chi connectivity index (χ0n) is 11.3. The lowest BCUT2D eigenvalue weighted by atomic mass is 9.45. The van der Waals surface area contributed by atoms with E-state index in [4.69, 9.17) is 4.74 Å². The molecule has 0 saturated heterocycles. The van der Waals surface area contributed by atoms with Gasteiger partial charge in [0.05, 0.1) is 12.7 Å². The van der Waals surface area contributed by atoms with E-state index < -0.39 is 5.60 Å². The van der Waals surface area contributed by atoms with Gasteiger partial charge in [0.2, 0.25) is 0 Å². The fourth-order valence-electron chi connectivity index (χ4n) is 4.22. The van der Waals surface area contributed by atoms with Crippen LogP contribution in [0.5, 0.6) is 5.75 Å². The highest BCUT2D eigenvalue weighted by Gasteiger charge is 2.60. The maximum atomic E-state index is 11.0. The summed E-state index contributed by atoms with van der Waals surface area (Å²) < 4.78 is 5.18. The molecule has 1 N–H and O–H groups in total. The summed E-state index contributed by atoms with van der Waals surface area (Å²) in [6, 6.07) is 7.94. The molecule has 1 aromatic carbocycles. The van der Waals surface area contributed by atoms with Crippen molar-refractivity contribution in [3.05, 3.63) is 29.8 Å². The van der Waals surface area contributed by atoms with Crippen LogP contribution in [0.25, 0.3) is 0 Å². The van der Waals surface area contributed by atoms with Crippen LogP contribution in [0.2, 0.25) is 0 Å². The minimum Gasteiger partial charge on any atom is -0.497 e. The van der Waals surface area contributed by atoms with Crippen molar-refractivity contribution in [1.29, 1.82) is 0 Å². The molecule has 0 radical (unpaired) electrons. The molecule has 0 bridgehead atoms. The van der Waals surface area contributed by atoms with Crippen molar-refractivity contribution in [1.82, 2.24) is 0 Å². The standard InChI is InChI=1S/C16H22O2/c1-15-10-4-3-5-14(15)16(17,11-15)12-6-8-13(18-2)9-7-12/h6-9,14,17H,3-5,10-11H2,1-2H3. The van der Waals surface area contributed by atoms with Gasteiger partial charge in [-0.05, 0) is 48.3 Å². The summed E-state index contributed by atoms with van der Waals surface area (Å²) in [5.41, 5.74) is 0.835. The van der Waals surface area contributed by atoms with E-state index in [9.17, 15) is 5.11 Å². The van der Waals surface area contributed by atoms with Gasteiger partial charge < -0.3 is 9.84 Å². The van der Waals surface area contributed by atoms with Crippen molar-refractivity contribution in [3.63, 3.8) is 0 Å². The number of methoxy groups -OCH3 is 1. The molecule has 0 spiro atoms. The van der Waals surface area contributed by atoms with E-state index in [0.29, 0.717) is 11.3 Å². The van der Waals surface area contributed by atoms with Crippen molar-refractivity contribution in [2.45, 2.75) is 44.6 Å². The second-order valence-corrected chi connectivity index (χ2v) is 6.28. The molecule has 2 fully saturated rings. The molecule has 98 valence electrons. The highest BCUT2D eigenvalue weighted by atomic mass is 16.5. The summed E-state index contributed by atoms with van der Waals surface area (Å²) in [4.78, 5) is 0. The second-order valence-electron chi connectivity index (χ2n) is 6.28. The Morgan fingerprint density at radius 1 is 1.22 bits per heavy atom. The molecule has 3 atom stereocenters. The van der Waals surface area contributed by atoms with Gasteiger partial charge in [0.1, 0.15) is 5.75 Å². The highest BCUT2D eigenvalue weighted by Crippen LogP contribution is 2.64. The first-order chi connectivity index (χ1) is 8.58. The predicted molar refractivity (Wildman–Crippen MR) is 71.6 cm³/mol. The minimum absolute atomic E-state index is 0.368. The van der Waals surface area contributed by atoms with Crippen LogP contribution >= 0.6 is 0 Å². The number of ether oxygens (including phenoxy) is 1. The van der Waals surface area contributed by atoms with Gasteiger partial charge in [-0.15, -0.1) is 0 Å². The Kier molecular flexibility index (Phi) is 2.67.